The summed E-state index contributed by atoms with van der Waals surface area (Å²) in [5, 5.41) is 9.22. The summed E-state index contributed by atoms with van der Waals surface area (Å²) in [5.41, 5.74) is 2.69. The molecule has 2 unspecified atom stereocenters. The van der Waals surface area contributed by atoms with Gasteiger partial charge in [0.05, 0.1) is 11.4 Å². The van der Waals surface area contributed by atoms with Crippen LogP contribution in [0.15, 0.2) is 12.3 Å². The van der Waals surface area contributed by atoms with Crippen LogP contribution in [0.3, 0.4) is 0 Å². The van der Waals surface area contributed by atoms with Crippen LogP contribution < -0.4 is 0 Å². The van der Waals surface area contributed by atoms with Crippen molar-refractivity contribution in [3.8, 4) is 0 Å². The van der Waals surface area contributed by atoms with Gasteiger partial charge in [-0.1, -0.05) is 6.42 Å². The maximum atomic E-state index is 11.2. The van der Waals surface area contributed by atoms with Gasteiger partial charge in [-0.05, 0) is 31.4 Å². The third-order valence-corrected chi connectivity index (χ3v) is 3.80. The van der Waals surface area contributed by atoms with Crippen LogP contribution in [-0.4, -0.2) is 26.0 Å². The van der Waals surface area contributed by atoms with Crippen molar-refractivity contribution in [1.29, 1.82) is 0 Å². The van der Waals surface area contributed by atoms with Gasteiger partial charge in [0.1, 0.15) is 5.82 Å². The van der Waals surface area contributed by atoms with E-state index in [0.717, 1.165) is 36.2 Å². The maximum absolute atomic E-state index is 11.2. The minimum absolute atomic E-state index is 0.00361. The summed E-state index contributed by atoms with van der Waals surface area (Å²) in [6.07, 6.45) is 4.30. The number of aryl methyl sites for hydroxylation is 1. The fraction of sp³-hybridized carbons (Fsp3) is 0.462. The minimum Gasteiger partial charge on any atom is -0.481 e. The van der Waals surface area contributed by atoms with Crippen molar-refractivity contribution in [3.05, 3.63) is 23.7 Å². The Labute approximate surface area is 104 Å². The molecule has 0 saturated heterocycles. The van der Waals surface area contributed by atoms with Crippen LogP contribution >= 0.6 is 0 Å². The highest BCUT2D eigenvalue weighted by molar-refractivity contribution is 5.75. The summed E-state index contributed by atoms with van der Waals surface area (Å²) in [5.74, 6) is -0.263. The van der Waals surface area contributed by atoms with Crippen LogP contribution in [0.4, 0.5) is 0 Å². The number of aromatic nitrogens is 3. The molecule has 0 radical (unpaired) electrons. The Bertz CT molecular complexity index is 605. The number of carboxylic acid groups (broad SMARTS) is 1. The average Bonchev–Trinajstić information content (AvgIpc) is 2.95. The number of nitrogens with one attached hydrogen (secondary N) is 1. The third kappa shape index (κ3) is 1.66. The Hall–Kier alpha value is -1.91. The molecular weight excluding hydrogens is 230 g/mol. The van der Waals surface area contributed by atoms with Crippen molar-refractivity contribution in [2.24, 2.45) is 5.92 Å². The molecule has 94 valence electrons. The second-order valence-electron chi connectivity index (χ2n) is 4.93. The standard InChI is InChI=1S/C13H15N3O2/c1-7-5-6-14-12-10(7)15-11(16-12)8-3-2-4-9(8)13(17)18/h5-6,8-9H,2-4H2,1H3,(H,17,18)(H,14,15,16). The zero-order chi connectivity index (χ0) is 12.7. The van der Waals surface area contributed by atoms with E-state index in [9.17, 15) is 9.90 Å². The first kappa shape index (κ1) is 11.2. The van der Waals surface area contributed by atoms with Gasteiger partial charge >= 0.3 is 5.97 Å². The molecule has 3 rings (SSSR count). The zero-order valence-corrected chi connectivity index (χ0v) is 10.2. The zero-order valence-electron chi connectivity index (χ0n) is 10.2. The van der Waals surface area contributed by atoms with Gasteiger partial charge in [0, 0.05) is 12.1 Å². The van der Waals surface area contributed by atoms with Crippen LogP contribution in [0.25, 0.3) is 11.2 Å². The Morgan fingerprint density at radius 1 is 1.50 bits per heavy atom. The fourth-order valence-corrected chi connectivity index (χ4v) is 2.81. The van der Waals surface area contributed by atoms with E-state index in [1.807, 2.05) is 13.0 Å². The molecule has 0 aromatic carbocycles. The number of rotatable bonds is 2. The number of H-pyrrole nitrogens is 1. The van der Waals surface area contributed by atoms with Gasteiger partial charge in [0.25, 0.3) is 0 Å². The van der Waals surface area contributed by atoms with Crippen LogP contribution in [-0.2, 0) is 4.79 Å². The van der Waals surface area contributed by atoms with Crippen molar-refractivity contribution in [3.63, 3.8) is 0 Å². The summed E-state index contributed by atoms with van der Waals surface area (Å²) < 4.78 is 0. The van der Waals surface area contributed by atoms with Crippen LogP contribution in [0.2, 0.25) is 0 Å². The smallest absolute Gasteiger partial charge is 0.307 e. The molecule has 5 heteroatoms. The van der Waals surface area contributed by atoms with E-state index in [4.69, 9.17) is 0 Å². The molecule has 2 atom stereocenters. The predicted octanol–water partition coefficient (Wildman–Crippen LogP) is 2.23. The van der Waals surface area contributed by atoms with Gasteiger partial charge in [0.15, 0.2) is 5.65 Å². The Kier molecular flexibility index (Phi) is 2.54. The molecular formula is C13H15N3O2. The van der Waals surface area contributed by atoms with E-state index in [1.165, 1.54) is 0 Å². The number of pyridine rings is 1. The Morgan fingerprint density at radius 3 is 3.06 bits per heavy atom. The number of carboxylic acids is 1. The first-order valence-corrected chi connectivity index (χ1v) is 6.21. The molecule has 2 N–H and O–H groups in total. The van der Waals surface area contributed by atoms with Crippen molar-refractivity contribution < 1.29 is 9.90 Å². The van der Waals surface area contributed by atoms with Crippen molar-refractivity contribution in [1.82, 2.24) is 15.0 Å². The highest BCUT2D eigenvalue weighted by atomic mass is 16.4. The first-order chi connectivity index (χ1) is 8.66. The lowest BCUT2D eigenvalue weighted by Crippen LogP contribution is -2.17. The SMILES string of the molecule is Cc1ccnc2nc(C3CCCC3C(=O)O)[nH]c12. The van der Waals surface area contributed by atoms with E-state index in [-0.39, 0.29) is 11.8 Å². The van der Waals surface area contributed by atoms with Crippen LogP contribution in [0.1, 0.15) is 36.6 Å². The number of nitrogens with zero attached hydrogens (tertiary/aromatic N) is 2. The topological polar surface area (TPSA) is 78.9 Å². The maximum Gasteiger partial charge on any atom is 0.307 e. The van der Waals surface area contributed by atoms with Gasteiger partial charge in [-0.3, -0.25) is 4.79 Å². The first-order valence-electron chi connectivity index (χ1n) is 6.21. The predicted molar refractivity (Wildman–Crippen MR) is 66.3 cm³/mol. The van der Waals surface area contributed by atoms with Gasteiger partial charge < -0.3 is 10.1 Å². The number of hydrogen-bond donors (Lipinski definition) is 2. The third-order valence-electron chi connectivity index (χ3n) is 3.80. The number of aliphatic carboxylic acids is 1. The summed E-state index contributed by atoms with van der Waals surface area (Å²) in [6.45, 7) is 2.00. The number of carbonyl (C=O) groups is 1. The molecule has 0 aliphatic heterocycles. The van der Waals surface area contributed by atoms with Gasteiger partial charge in [-0.15, -0.1) is 0 Å². The monoisotopic (exact) mass is 245 g/mol. The Balaban J connectivity index is 2.04. The van der Waals surface area contributed by atoms with Gasteiger partial charge in [0.2, 0.25) is 0 Å². The highest BCUT2D eigenvalue weighted by Crippen LogP contribution is 2.39. The number of imidazole rings is 1. The summed E-state index contributed by atoms with van der Waals surface area (Å²) >= 11 is 0. The van der Waals surface area contributed by atoms with Crippen molar-refractivity contribution >= 4 is 17.1 Å². The normalized spacial score (nSPS) is 23.6. The second kappa shape index (κ2) is 4.08. The molecule has 0 amide bonds. The molecule has 0 spiro atoms. The number of aromatic amines is 1. The number of hydrogen-bond acceptors (Lipinski definition) is 3. The average molecular weight is 245 g/mol. The van der Waals surface area contributed by atoms with Crippen LogP contribution in [0.5, 0.6) is 0 Å². The fourth-order valence-electron chi connectivity index (χ4n) is 2.81. The Morgan fingerprint density at radius 2 is 2.33 bits per heavy atom. The van der Waals surface area contributed by atoms with E-state index in [2.05, 4.69) is 15.0 Å². The quantitative estimate of drug-likeness (QED) is 0.850. The van der Waals surface area contributed by atoms with E-state index >= 15 is 0 Å². The molecule has 1 fully saturated rings. The lowest BCUT2D eigenvalue weighted by atomic mass is 9.96. The lowest BCUT2D eigenvalue weighted by molar-refractivity contribution is -0.142. The molecule has 2 heterocycles. The van der Waals surface area contributed by atoms with E-state index in [1.54, 1.807) is 6.20 Å². The van der Waals surface area contributed by atoms with Crippen molar-refractivity contribution in [2.45, 2.75) is 32.1 Å². The molecule has 2 aromatic heterocycles. The molecule has 1 aliphatic rings. The lowest BCUT2D eigenvalue weighted by Gasteiger charge is -2.12. The summed E-state index contributed by atoms with van der Waals surface area (Å²) in [6, 6.07) is 1.92. The molecule has 0 bridgehead atoms. The molecule has 1 aliphatic carbocycles. The van der Waals surface area contributed by atoms with E-state index in [0.29, 0.717) is 5.65 Å². The van der Waals surface area contributed by atoms with Crippen LogP contribution in [0, 0.1) is 12.8 Å². The van der Waals surface area contributed by atoms with E-state index < -0.39 is 5.97 Å². The summed E-state index contributed by atoms with van der Waals surface area (Å²) in [7, 11) is 0. The molecule has 5 nitrogen and oxygen atoms in total. The van der Waals surface area contributed by atoms with Crippen molar-refractivity contribution in [2.75, 3.05) is 0 Å². The molecule has 2 aromatic rings. The number of fused-ring (bicyclic) bond motifs is 1. The largest absolute Gasteiger partial charge is 0.481 e. The summed E-state index contributed by atoms with van der Waals surface area (Å²) in [4.78, 5) is 23.1. The second-order valence-corrected chi connectivity index (χ2v) is 4.93. The molecule has 18 heavy (non-hydrogen) atoms. The molecule has 1 saturated carbocycles. The minimum atomic E-state index is -0.720. The highest BCUT2D eigenvalue weighted by Gasteiger charge is 2.36. The van der Waals surface area contributed by atoms with Gasteiger partial charge in [-0.25, -0.2) is 9.97 Å². The van der Waals surface area contributed by atoms with Gasteiger partial charge in [-0.2, -0.15) is 0 Å².